The number of hydrogen-bond donors (Lipinski definition) is 4. The number of amides is 1. The minimum atomic E-state index is -1.50. The van der Waals surface area contributed by atoms with E-state index in [1.54, 1.807) is 0 Å². The lowest BCUT2D eigenvalue weighted by Gasteiger charge is -2.32. The molecule has 0 aromatic heterocycles. The van der Waals surface area contributed by atoms with Gasteiger partial charge in [-0.05, 0) is 69.5 Å². The molecule has 1 saturated carbocycles. The number of carboxylic acids is 1. The van der Waals surface area contributed by atoms with Gasteiger partial charge in [-0.25, -0.2) is 4.79 Å². The van der Waals surface area contributed by atoms with E-state index >= 15 is 0 Å². The van der Waals surface area contributed by atoms with Crippen LogP contribution in [0.1, 0.15) is 44.9 Å². The molecule has 0 bridgehead atoms. The molecule has 160 valence electrons. The number of fused-ring (bicyclic) bond motifs is 1. The predicted molar refractivity (Wildman–Crippen MR) is 108 cm³/mol. The highest BCUT2D eigenvalue weighted by atomic mass is 16.6. The lowest BCUT2D eigenvalue weighted by molar-refractivity contribution is -0.149. The van der Waals surface area contributed by atoms with Crippen molar-refractivity contribution in [2.24, 2.45) is 17.4 Å². The van der Waals surface area contributed by atoms with E-state index in [1.807, 2.05) is 24.3 Å². The maximum Gasteiger partial charge on any atom is 0.333 e. The van der Waals surface area contributed by atoms with Crippen molar-refractivity contribution >= 4 is 11.9 Å². The largest absolute Gasteiger partial charge is 0.486 e. The molecule has 6 N–H and O–H groups in total. The second-order valence-corrected chi connectivity index (χ2v) is 8.12. The fourth-order valence-corrected chi connectivity index (χ4v) is 4.22. The van der Waals surface area contributed by atoms with Gasteiger partial charge in [-0.15, -0.1) is 0 Å². The van der Waals surface area contributed by atoms with Gasteiger partial charge in [0.2, 0.25) is 5.91 Å². The second kappa shape index (κ2) is 9.45. The van der Waals surface area contributed by atoms with E-state index in [2.05, 4.69) is 5.32 Å². The molecule has 8 nitrogen and oxygen atoms in total. The molecular formula is C21H31N3O5. The predicted octanol–water partition coefficient (Wildman–Crippen LogP) is 1.41. The SMILES string of the molecule is NC(=O)[C@]1(C(=O)O)CCCN1.NC1CCC(CC2COc3ccccc3O2)CC1. The Morgan fingerprint density at radius 1 is 1.17 bits per heavy atom. The van der Waals surface area contributed by atoms with Crippen molar-refractivity contribution in [3.8, 4) is 11.5 Å². The van der Waals surface area contributed by atoms with E-state index in [0.717, 1.165) is 36.7 Å². The van der Waals surface area contributed by atoms with E-state index in [9.17, 15) is 9.59 Å². The maximum atomic E-state index is 10.7. The van der Waals surface area contributed by atoms with E-state index in [1.165, 1.54) is 12.8 Å². The van der Waals surface area contributed by atoms with E-state index < -0.39 is 17.4 Å². The summed E-state index contributed by atoms with van der Waals surface area (Å²) in [7, 11) is 0. The molecule has 1 unspecified atom stereocenters. The molecule has 1 aliphatic carbocycles. The van der Waals surface area contributed by atoms with Crippen LogP contribution in [0.2, 0.25) is 0 Å². The summed E-state index contributed by atoms with van der Waals surface area (Å²) in [5, 5.41) is 11.3. The zero-order valence-corrected chi connectivity index (χ0v) is 16.6. The van der Waals surface area contributed by atoms with Gasteiger partial charge in [-0.3, -0.25) is 10.1 Å². The first-order chi connectivity index (χ1) is 13.9. The summed E-state index contributed by atoms with van der Waals surface area (Å²) in [6.07, 6.45) is 7.07. The number of carboxylic acid groups (broad SMARTS) is 1. The van der Waals surface area contributed by atoms with E-state index in [-0.39, 0.29) is 12.5 Å². The first-order valence-electron chi connectivity index (χ1n) is 10.3. The number of hydrogen-bond acceptors (Lipinski definition) is 6. The highest BCUT2D eigenvalue weighted by Crippen LogP contribution is 2.34. The van der Waals surface area contributed by atoms with Gasteiger partial charge in [-0.2, -0.15) is 0 Å². The third-order valence-corrected chi connectivity index (χ3v) is 6.00. The summed E-state index contributed by atoms with van der Waals surface area (Å²) >= 11 is 0. The minimum absolute atomic E-state index is 0.208. The van der Waals surface area contributed by atoms with Crippen molar-refractivity contribution in [1.29, 1.82) is 0 Å². The van der Waals surface area contributed by atoms with Gasteiger partial charge >= 0.3 is 5.97 Å². The zero-order valence-electron chi connectivity index (χ0n) is 16.6. The van der Waals surface area contributed by atoms with E-state index in [4.69, 9.17) is 26.0 Å². The van der Waals surface area contributed by atoms with Crippen LogP contribution in [0.3, 0.4) is 0 Å². The second-order valence-electron chi connectivity index (χ2n) is 8.12. The Morgan fingerprint density at radius 2 is 1.86 bits per heavy atom. The number of benzene rings is 1. The van der Waals surface area contributed by atoms with Crippen LogP contribution >= 0.6 is 0 Å². The first kappa shape index (κ1) is 21.4. The first-order valence-corrected chi connectivity index (χ1v) is 10.3. The molecule has 0 radical (unpaired) electrons. The number of aliphatic carboxylic acids is 1. The summed E-state index contributed by atoms with van der Waals surface area (Å²) < 4.78 is 11.8. The Bertz CT molecular complexity index is 696. The minimum Gasteiger partial charge on any atom is -0.486 e. The molecule has 4 rings (SSSR count). The van der Waals surface area contributed by atoms with Crippen molar-refractivity contribution in [2.45, 2.75) is 62.6 Å². The summed E-state index contributed by atoms with van der Waals surface area (Å²) in [5.41, 5.74) is 9.39. The molecule has 0 spiro atoms. The van der Waals surface area contributed by atoms with Crippen LogP contribution in [0.5, 0.6) is 11.5 Å². The fourth-order valence-electron chi connectivity index (χ4n) is 4.22. The number of primary amides is 1. The number of para-hydroxylation sites is 2. The average Bonchev–Trinajstić information content (AvgIpc) is 3.22. The highest BCUT2D eigenvalue weighted by Gasteiger charge is 2.46. The summed E-state index contributed by atoms with van der Waals surface area (Å²) in [4.78, 5) is 21.3. The summed E-state index contributed by atoms with van der Waals surface area (Å²) in [6, 6.07) is 8.34. The Labute approximate surface area is 170 Å². The van der Waals surface area contributed by atoms with Crippen molar-refractivity contribution in [2.75, 3.05) is 13.2 Å². The number of ether oxygens (including phenoxy) is 2. The Kier molecular flexibility index (Phi) is 6.97. The van der Waals surface area contributed by atoms with Gasteiger partial charge in [0, 0.05) is 6.04 Å². The molecule has 1 amide bonds. The van der Waals surface area contributed by atoms with Gasteiger partial charge in [0.25, 0.3) is 0 Å². The number of rotatable bonds is 4. The molecule has 1 aromatic carbocycles. The zero-order chi connectivity index (χ0) is 20.9. The molecule has 2 heterocycles. The molecule has 3 aliphatic rings. The van der Waals surface area contributed by atoms with Crippen molar-refractivity contribution < 1.29 is 24.2 Å². The molecule has 2 fully saturated rings. The molecule has 1 saturated heterocycles. The molecule has 2 atom stereocenters. The Hall–Kier alpha value is -2.32. The van der Waals surface area contributed by atoms with Crippen LogP contribution < -0.4 is 26.3 Å². The summed E-state index contributed by atoms with van der Waals surface area (Å²) in [5.74, 6) is 0.536. The molecule has 8 heteroatoms. The Morgan fingerprint density at radius 3 is 2.41 bits per heavy atom. The van der Waals surface area contributed by atoms with Crippen molar-refractivity contribution in [3.63, 3.8) is 0 Å². The van der Waals surface area contributed by atoms with E-state index in [0.29, 0.717) is 25.6 Å². The average molecular weight is 405 g/mol. The Balaban J connectivity index is 0.000000188. The lowest BCUT2D eigenvalue weighted by Crippen LogP contribution is -2.57. The maximum absolute atomic E-state index is 10.7. The standard InChI is InChI=1S/C15H21NO2.C6H10N2O3/c16-12-7-5-11(6-8-12)9-13-10-17-14-3-1-2-4-15(14)18-13;7-4(9)6(5(10)11)2-1-3-8-6/h1-4,11-13H,5-10,16H2;8H,1-3H2,(H2,7,9)(H,10,11)/t;6-/m.0/s1. The highest BCUT2D eigenvalue weighted by molar-refractivity contribution is 6.06. The molecular weight excluding hydrogens is 374 g/mol. The number of carbonyl (C=O) groups is 2. The van der Waals surface area contributed by atoms with Gasteiger partial charge in [0.15, 0.2) is 17.0 Å². The van der Waals surface area contributed by atoms with Crippen molar-refractivity contribution in [1.82, 2.24) is 5.32 Å². The smallest absolute Gasteiger partial charge is 0.333 e. The third kappa shape index (κ3) is 5.19. The van der Waals surface area contributed by atoms with Crippen LogP contribution in [-0.4, -0.2) is 47.8 Å². The molecule has 29 heavy (non-hydrogen) atoms. The number of nitrogens with two attached hydrogens (primary N) is 2. The molecule has 1 aromatic rings. The number of nitrogens with one attached hydrogen (secondary N) is 1. The van der Waals surface area contributed by atoms with Crippen molar-refractivity contribution in [3.05, 3.63) is 24.3 Å². The quantitative estimate of drug-likeness (QED) is 0.556. The summed E-state index contributed by atoms with van der Waals surface area (Å²) in [6.45, 7) is 1.22. The monoisotopic (exact) mass is 405 g/mol. The third-order valence-electron chi connectivity index (χ3n) is 6.00. The molecule has 2 aliphatic heterocycles. The van der Waals surface area contributed by atoms with Crippen LogP contribution in [0.4, 0.5) is 0 Å². The van der Waals surface area contributed by atoms with Gasteiger partial charge in [0.05, 0.1) is 0 Å². The van der Waals surface area contributed by atoms with Crippen LogP contribution in [0.15, 0.2) is 24.3 Å². The normalized spacial score (nSPS) is 30.7. The van der Waals surface area contributed by atoms with Gasteiger partial charge < -0.3 is 26.0 Å². The fraction of sp³-hybridized carbons (Fsp3) is 0.619. The van der Waals surface area contributed by atoms with Gasteiger partial charge in [-0.1, -0.05) is 12.1 Å². The van der Waals surface area contributed by atoms with Gasteiger partial charge in [0.1, 0.15) is 12.7 Å². The van der Waals surface area contributed by atoms with Crippen LogP contribution in [0.25, 0.3) is 0 Å². The topological polar surface area (TPSA) is 137 Å². The van der Waals surface area contributed by atoms with Crippen LogP contribution in [-0.2, 0) is 9.59 Å². The van der Waals surface area contributed by atoms with Crippen LogP contribution in [0, 0.1) is 5.92 Å². The lowest BCUT2D eigenvalue weighted by atomic mass is 9.83. The number of carbonyl (C=O) groups excluding carboxylic acids is 1.